The highest BCUT2D eigenvalue weighted by Gasteiger charge is 2.07. The highest BCUT2D eigenvalue weighted by atomic mass is 35.5. The topological polar surface area (TPSA) is 76.4 Å². The second-order valence-corrected chi connectivity index (χ2v) is 5.41. The maximum atomic E-state index is 10.6. The molecule has 23 heavy (non-hydrogen) atoms. The predicted molar refractivity (Wildman–Crippen MR) is 94.2 cm³/mol. The first-order valence-corrected chi connectivity index (χ1v) is 7.40. The van der Waals surface area contributed by atoms with Crippen LogP contribution in [0.2, 0.25) is 5.02 Å². The molecule has 0 saturated heterocycles. The number of hydrogen-bond acceptors (Lipinski definition) is 4. The van der Waals surface area contributed by atoms with Crippen molar-refractivity contribution < 1.29 is 9.66 Å². The number of halogens is 1. The van der Waals surface area contributed by atoms with Crippen LogP contribution in [-0.4, -0.2) is 17.1 Å². The van der Waals surface area contributed by atoms with Gasteiger partial charge in [-0.05, 0) is 42.5 Å². The van der Waals surface area contributed by atoms with Crippen molar-refractivity contribution in [3.05, 3.63) is 63.2 Å². The lowest BCUT2D eigenvalue weighted by Crippen LogP contribution is -2.28. The Balaban J connectivity index is 1.95. The van der Waals surface area contributed by atoms with Crippen LogP contribution >= 0.6 is 23.8 Å². The van der Waals surface area contributed by atoms with Gasteiger partial charge in [-0.1, -0.05) is 11.6 Å². The van der Waals surface area contributed by atoms with Crippen LogP contribution in [0.3, 0.4) is 0 Å². The number of nitrogens with zero attached hydrogens (tertiary/aromatic N) is 1. The van der Waals surface area contributed by atoms with E-state index in [0.717, 1.165) is 5.56 Å². The Labute approximate surface area is 143 Å². The van der Waals surface area contributed by atoms with Gasteiger partial charge in [-0.25, -0.2) is 0 Å². The van der Waals surface area contributed by atoms with Crippen LogP contribution in [0.25, 0.3) is 0 Å². The van der Waals surface area contributed by atoms with Crippen LogP contribution in [0.15, 0.2) is 42.5 Å². The summed E-state index contributed by atoms with van der Waals surface area (Å²) in [6.45, 7) is 0.433. The van der Waals surface area contributed by atoms with Crippen molar-refractivity contribution in [1.82, 2.24) is 5.32 Å². The number of ether oxygens (including phenoxy) is 1. The van der Waals surface area contributed by atoms with Gasteiger partial charge in [0.2, 0.25) is 0 Å². The minimum Gasteiger partial charge on any atom is -0.496 e. The molecule has 120 valence electrons. The van der Waals surface area contributed by atoms with E-state index >= 15 is 0 Å². The summed E-state index contributed by atoms with van der Waals surface area (Å²) in [5, 5.41) is 17.6. The van der Waals surface area contributed by atoms with Gasteiger partial charge in [-0.2, -0.15) is 0 Å². The summed E-state index contributed by atoms with van der Waals surface area (Å²) < 4.78 is 5.26. The van der Waals surface area contributed by atoms with Crippen molar-refractivity contribution in [1.29, 1.82) is 0 Å². The van der Waals surface area contributed by atoms with Gasteiger partial charge in [-0.15, -0.1) is 0 Å². The minimum atomic E-state index is -0.453. The predicted octanol–water partition coefficient (Wildman–Crippen LogP) is 3.74. The molecule has 0 bridgehead atoms. The average molecular weight is 352 g/mol. The van der Waals surface area contributed by atoms with Gasteiger partial charge in [0, 0.05) is 35.0 Å². The molecule has 0 saturated carbocycles. The molecule has 2 rings (SSSR count). The quantitative estimate of drug-likeness (QED) is 0.485. The van der Waals surface area contributed by atoms with Gasteiger partial charge in [-0.3, -0.25) is 10.1 Å². The first-order valence-electron chi connectivity index (χ1n) is 6.61. The molecule has 6 nitrogen and oxygen atoms in total. The molecule has 2 aromatic carbocycles. The van der Waals surface area contributed by atoms with E-state index < -0.39 is 4.92 Å². The maximum absolute atomic E-state index is 10.6. The number of anilines is 1. The molecule has 0 aliphatic rings. The third kappa shape index (κ3) is 4.80. The smallest absolute Gasteiger partial charge is 0.269 e. The van der Waals surface area contributed by atoms with Gasteiger partial charge in [0.15, 0.2) is 5.11 Å². The summed E-state index contributed by atoms with van der Waals surface area (Å²) in [6.07, 6.45) is 0. The number of benzene rings is 2. The summed E-state index contributed by atoms with van der Waals surface area (Å²) in [5.74, 6) is 0.708. The van der Waals surface area contributed by atoms with Crippen molar-refractivity contribution in [3.8, 4) is 5.75 Å². The van der Waals surface area contributed by atoms with Gasteiger partial charge in [0.1, 0.15) is 5.75 Å². The number of nitrogens with one attached hydrogen (secondary N) is 2. The molecule has 0 radical (unpaired) electrons. The highest BCUT2D eigenvalue weighted by molar-refractivity contribution is 7.80. The van der Waals surface area contributed by atoms with Crippen LogP contribution in [0.1, 0.15) is 5.56 Å². The molecule has 0 heterocycles. The largest absolute Gasteiger partial charge is 0.496 e. The van der Waals surface area contributed by atoms with E-state index in [1.807, 2.05) is 0 Å². The molecule has 2 aromatic rings. The van der Waals surface area contributed by atoms with E-state index in [0.29, 0.717) is 28.1 Å². The monoisotopic (exact) mass is 351 g/mol. The fraction of sp³-hybridized carbons (Fsp3) is 0.133. The third-order valence-electron chi connectivity index (χ3n) is 3.02. The number of non-ortho nitro benzene ring substituents is 1. The van der Waals surface area contributed by atoms with Crippen LogP contribution in [0.5, 0.6) is 5.75 Å². The number of nitro benzene ring substituents is 1. The molecular formula is C15H14ClN3O3S. The zero-order valence-electron chi connectivity index (χ0n) is 12.2. The summed E-state index contributed by atoms with van der Waals surface area (Å²) in [7, 11) is 1.58. The van der Waals surface area contributed by atoms with Crippen LogP contribution in [0.4, 0.5) is 11.4 Å². The number of thiocarbonyl (C=S) groups is 1. The van der Waals surface area contributed by atoms with Crippen molar-refractivity contribution in [2.24, 2.45) is 0 Å². The number of methoxy groups -OCH3 is 1. The van der Waals surface area contributed by atoms with Crippen LogP contribution in [0, 0.1) is 10.1 Å². The molecule has 0 amide bonds. The normalized spacial score (nSPS) is 10.0. The molecule has 8 heteroatoms. The zero-order valence-corrected chi connectivity index (χ0v) is 13.8. The Morgan fingerprint density at radius 3 is 2.61 bits per heavy atom. The lowest BCUT2D eigenvalue weighted by Gasteiger charge is -2.13. The van der Waals surface area contributed by atoms with Gasteiger partial charge in [0.05, 0.1) is 12.0 Å². The highest BCUT2D eigenvalue weighted by Crippen LogP contribution is 2.22. The summed E-state index contributed by atoms with van der Waals surface area (Å²) in [6, 6.07) is 11.3. The van der Waals surface area contributed by atoms with E-state index in [2.05, 4.69) is 10.6 Å². The Hall–Kier alpha value is -2.38. The van der Waals surface area contributed by atoms with E-state index in [1.54, 1.807) is 37.4 Å². The summed E-state index contributed by atoms with van der Waals surface area (Å²) >= 11 is 11.2. The van der Waals surface area contributed by atoms with Crippen molar-refractivity contribution in [2.75, 3.05) is 12.4 Å². The fourth-order valence-electron chi connectivity index (χ4n) is 1.90. The molecule has 0 aromatic heterocycles. The SMILES string of the molecule is COc1ccc(Cl)cc1CNC(=S)Nc1ccc([N+](=O)[O-])cc1. The molecular weight excluding hydrogens is 338 g/mol. The van der Waals surface area contributed by atoms with E-state index in [9.17, 15) is 10.1 Å². The fourth-order valence-corrected chi connectivity index (χ4v) is 2.29. The Bertz CT molecular complexity index is 722. The van der Waals surface area contributed by atoms with Crippen molar-refractivity contribution in [2.45, 2.75) is 6.54 Å². The summed E-state index contributed by atoms with van der Waals surface area (Å²) in [4.78, 5) is 10.2. The second-order valence-electron chi connectivity index (χ2n) is 4.57. The Morgan fingerprint density at radius 2 is 2.00 bits per heavy atom. The first kappa shape index (κ1) is 17.0. The zero-order chi connectivity index (χ0) is 16.8. The Morgan fingerprint density at radius 1 is 1.30 bits per heavy atom. The van der Waals surface area contributed by atoms with Crippen molar-refractivity contribution >= 4 is 40.3 Å². The molecule has 0 fully saturated rings. The molecule has 0 atom stereocenters. The first-order chi connectivity index (χ1) is 11.0. The Kier molecular flexibility index (Phi) is 5.72. The molecule has 0 aliphatic heterocycles. The van der Waals surface area contributed by atoms with Crippen molar-refractivity contribution in [3.63, 3.8) is 0 Å². The van der Waals surface area contributed by atoms with Gasteiger partial charge < -0.3 is 15.4 Å². The minimum absolute atomic E-state index is 0.0260. The lowest BCUT2D eigenvalue weighted by atomic mass is 10.2. The van der Waals surface area contributed by atoms with Gasteiger partial charge in [0.25, 0.3) is 5.69 Å². The van der Waals surface area contributed by atoms with Crippen LogP contribution < -0.4 is 15.4 Å². The van der Waals surface area contributed by atoms with Gasteiger partial charge >= 0.3 is 0 Å². The molecule has 0 aliphatic carbocycles. The van der Waals surface area contributed by atoms with E-state index in [-0.39, 0.29) is 5.69 Å². The number of hydrogen-bond donors (Lipinski definition) is 2. The lowest BCUT2D eigenvalue weighted by molar-refractivity contribution is -0.384. The molecule has 0 unspecified atom stereocenters. The van der Waals surface area contributed by atoms with Crippen LogP contribution in [-0.2, 0) is 6.54 Å². The molecule has 0 spiro atoms. The average Bonchev–Trinajstić information content (AvgIpc) is 2.53. The molecule has 2 N–H and O–H groups in total. The standard InChI is InChI=1S/C15H14ClN3O3S/c1-22-14-7-2-11(16)8-10(14)9-17-15(23)18-12-3-5-13(6-4-12)19(20)21/h2-8H,9H2,1H3,(H2,17,18,23). The third-order valence-corrected chi connectivity index (χ3v) is 3.50. The second kappa shape index (κ2) is 7.75. The maximum Gasteiger partial charge on any atom is 0.269 e. The summed E-state index contributed by atoms with van der Waals surface area (Å²) in [5.41, 5.74) is 1.55. The number of nitro groups is 1. The number of rotatable bonds is 5. The van der Waals surface area contributed by atoms with E-state index in [1.165, 1.54) is 12.1 Å². The van der Waals surface area contributed by atoms with E-state index in [4.69, 9.17) is 28.6 Å².